The third kappa shape index (κ3) is 7.70. The van der Waals surface area contributed by atoms with Crippen LogP contribution in [0.2, 0.25) is 0 Å². The lowest BCUT2D eigenvalue weighted by Gasteiger charge is -2.18. The van der Waals surface area contributed by atoms with Gasteiger partial charge in [-0.3, -0.25) is 4.99 Å². The van der Waals surface area contributed by atoms with Gasteiger partial charge >= 0.3 is 0 Å². The van der Waals surface area contributed by atoms with Crippen molar-refractivity contribution >= 4 is 35.6 Å². The second-order valence-corrected chi connectivity index (χ2v) is 6.65. The molecule has 24 heavy (non-hydrogen) atoms. The molecule has 0 aliphatic carbocycles. The first-order valence-corrected chi connectivity index (χ1v) is 8.59. The fourth-order valence-corrected chi connectivity index (χ4v) is 2.79. The summed E-state index contributed by atoms with van der Waals surface area (Å²) in [5.41, 5.74) is 6.90. The van der Waals surface area contributed by atoms with Crippen molar-refractivity contribution in [3.8, 4) is 5.75 Å². The van der Waals surface area contributed by atoms with Crippen molar-refractivity contribution in [2.24, 2.45) is 16.6 Å². The molecule has 2 rings (SSSR count). The number of nitrogens with zero attached hydrogens (tertiary/aromatic N) is 2. The van der Waals surface area contributed by atoms with Gasteiger partial charge in [-0.25, -0.2) is 0 Å². The van der Waals surface area contributed by atoms with E-state index in [1.165, 1.54) is 25.9 Å². The minimum absolute atomic E-state index is 0. The smallest absolute Gasteiger partial charge is 0.193 e. The Hall–Kier alpha value is -1.02. The highest BCUT2D eigenvalue weighted by Gasteiger charge is 2.14. The lowest BCUT2D eigenvalue weighted by molar-refractivity contribution is 0.242. The van der Waals surface area contributed by atoms with Gasteiger partial charge in [0.05, 0.1) is 6.10 Å². The summed E-state index contributed by atoms with van der Waals surface area (Å²) in [7, 11) is 0. The van der Waals surface area contributed by atoms with Gasteiger partial charge < -0.3 is 20.7 Å². The lowest BCUT2D eigenvalue weighted by atomic mass is 10.2. The Bertz CT molecular complexity index is 498. The van der Waals surface area contributed by atoms with E-state index in [0.29, 0.717) is 11.9 Å². The highest BCUT2D eigenvalue weighted by atomic mass is 127. The molecule has 1 saturated heterocycles. The first-order chi connectivity index (χ1) is 11.0. The van der Waals surface area contributed by atoms with Gasteiger partial charge in [-0.05, 0) is 70.0 Å². The maximum absolute atomic E-state index is 5.97. The van der Waals surface area contributed by atoms with Gasteiger partial charge in [0, 0.05) is 18.8 Å². The number of benzene rings is 1. The largest absolute Gasteiger partial charge is 0.491 e. The lowest BCUT2D eigenvalue weighted by Crippen LogP contribution is -2.28. The first-order valence-electron chi connectivity index (χ1n) is 8.59. The standard InChI is InChI=1S/C18H30N4O.HI/c1-14(2)23-17-8-6-16(7-9-17)21-18(19)20-12-15(3)13-22-10-4-5-11-22;/h6-9,14-15H,4-5,10-13H2,1-3H3,(H3,19,20,21);1H. The van der Waals surface area contributed by atoms with E-state index in [4.69, 9.17) is 10.5 Å². The molecule has 136 valence electrons. The van der Waals surface area contributed by atoms with Crippen molar-refractivity contribution in [2.45, 2.75) is 39.7 Å². The van der Waals surface area contributed by atoms with Crippen LogP contribution < -0.4 is 15.8 Å². The zero-order chi connectivity index (χ0) is 16.7. The molecule has 0 saturated carbocycles. The number of nitrogens with two attached hydrogens (primary N) is 1. The molecule has 0 radical (unpaired) electrons. The molecule has 1 atom stereocenters. The number of guanidine groups is 1. The fourth-order valence-electron chi connectivity index (χ4n) is 2.79. The second-order valence-electron chi connectivity index (χ2n) is 6.65. The molecule has 1 fully saturated rings. The molecule has 6 heteroatoms. The van der Waals surface area contributed by atoms with E-state index in [0.717, 1.165) is 24.5 Å². The van der Waals surface area contributed by atoms with Crippen LogP contribution in [-0.2, 0) is 0 Å². The molecule has 1 heterocycles. The van der Waals surface area contributed by atoms with Crippen molar-refractivity contribution in [3.63, 3.8) is 0 Å². The van der Waals surface area contributed by atoms with Gasteiger partial charge in [0.25, 0.3) is 0 Å². The quantitative estimate of drug-likeness (QED) is 0.382. The van der Waals surface area contributed by atoms with E-state index in [2.05, 4.69) is 22.1 Å². The number of aliphatic imine (C=N–C) groups is 1. The summed E-state index contributed by atoms with van der Waals surface area (Å²) in [5, 5.41) is 3.13. The third-order valence-electron chi connectivity index (χ3n) is 3.84. The second kappa shape index (κ2) is 10.8. The molecule has 1 aromatic rings. The van der Waals surface area contributed by atoms with Crippen LogP contribution in [0.5, 0.6) is 5.75 Å². The number of anilines is 1. The van der Waals surface area contributed by atoms with Crippen molar-refractivity contribution < 1.29 is 4.74 Å². The Kier molecular flexibility index (Phi) is 9.43. The minimum atomic E-state index is 0. The maximum Gasteiger partial charge on any atom is 0.193 e. The SMILES string of the molecule is CC(CN=C(N)Nc1ccc(OC(C)C)cc1)CN1CCCC1.I. The van der Waals surface area contributed by atoms with E-state index in [-0.39, 0.29) is 30.1 Å². The Balaban J connectivity index is 0.00000288. The molecule has 0 amide bonds. The summed E-state index contributed by atoms with van der Waals surface area (Å²) in [4.78, 5) is 6.97. The number of hydrogen-bond acceptors (Lipinski definition) is 3. The highest BCUT2D eigenvalue weighted by molar-refractivity contribution is 14.0. The Morgan fingerprint density at radius 1 is 1.21 bits per heavy atom. The van der Waals surface area contributed by atoms with Crippen molar-refractivity contribution in [1.82, 2.24) is 4.90 Å². The Labute approximate surface area is 163 Å². The summed E-state index contributed by atoms with van der Waals surface area (Å²) in [6.07, 6.45) is 2.84. The van der Waals surface area contributed by atoms with E-state index < -0.39 is 0 Å². The van der Waals surface area contributed by atoms with Gasteiger partial charge in [-0.2, -0.15) is 0 Å². The highest BCUT2D eigenvalue weighted by Crippen LogP contribution is 2.16. The molecule has 0 aromatic heterocycles. The topological polar surface area (TPSA) is 62.9 Å². The van der Waals surface area contributed by atoms with Gasteiger partial charge in [0.15, 0.2) is 5.96 Å². The molecule has 5 nitrogen and oxygen atoms in total. The average Bonchev–Trinajstić information content (AvgIpc) is 2.99. The number of halogens is 1. The zero-order valence-electron chi connectivity index (χ0n) is 15.0. The minimum Gasteiger partial charge on any atom is -0.491 e. The molecular weight excluding hydrogens is 415 g/mol. The molecular formula is C18H31IN4O. The average molecular weight is 446 g/mol. The van der Waals surface area contributed by atoms with Crippen molar-refractivity contribution in [2.75, 3.05) is 31.5 Å². The molecule has 1 aromatic carbocycles. The normalized spacial score (nSPS) is 16.8. The van der Waals surface area contributed by atoms with Gasteiger partial charge in [0.1, 0.15) is 5.75 Å². The number of ether oxygens (including phenoxy) is 1. The monoisotopic (exact) mass is 446 g/mol. The molecule has 3 N–H and O–H groups in total. The van der Waals surface area contributed by atoms with Gasteiger partial charge in [-0.15, -0.1) is 24.0 Å². The molecule has 0 bridgehead atoms. The van der Waals surface area contributed by atoms with Crippen LogP contribution in [0.15, 0.2) is 29.3 Å². The van der Waals surface area contributed by atoms with Crippen LogP contribution in [0.1, 0.15) is 33.6 Å². The van der Waals surface area contributed by atoms with Crippen LogP contribution >= 0.6 is 24.0 Å². The third-order valence-corrected chi connectivity index (χ3v) is 3.84. The van der Waals surface area contributed by atoms with Crippen molar-refractivity contribution in [1.29, 1.82) is 0 Å². The summed E-state index contributed by atoms with van der Waals surface area (Å²) >= 11 is 0. The molecule has 1 aliphatic rings. The van der Waals surface area contributed by atoms with Gasteiger partial charge in [-0.1, -0.05) is 6.92 Å². The van der Waals surface area contributed by atoms with E-state index >= 15 is 0 Å². The fraction of sp³-hybridized carbons (Fsp3) is 0.611. The van der Waals surface area contributed by atoms with E-state index in [9.17, 15) is 0 Å². The Morgan fingerprint density at radius 2 is 1.83 bits per heavy atom. The van der Waals surface area contributed by atoms with Crippen LogP contribution in [-0.4, -0.2) is 43.1 Å². The predicted molar refractivity (Wildman–Crippen MR) is 113 cm³/mol. The van der Waals surface area contributed by atoms with Crippen molar-refractivity contribution in [3.05, 3.63) is 24.3 Å². The number of rotatable bonds is 7. The summed E-state index contributed by atoms with van der Waals surface area (Å²) in [6, 6.07) is 7.78. The molecule has 1 aliphatic heterocycles. The summed E-state index contributed by atoms with van der Waals surface area (Å²) in [6.45, 7) is 10.6. The summed E-state index contributed by atoms with van der Waals surface area (Å²) < 4.78 is 5.62. The number of hydrogen-bond donors (Lipinski definition) is 2. The molecule has 0 spiro atoms. The van der Waals surface area contributed by atoms with Crippen LogP contribution in [0.3, 0.4) is 0 Å². The summed E-state index contributed by atoms with van der Waals surface area (Å²) in [5.74, 6) is 1.85. The van der Waals surface area contributed by atoms with E-state index in [1.54, 1.807) is 0 Å². The van der Waals surface area contributed by atoms with Gasteiger partial charge in [0.2, 0.25) is 0 Å². The number of likely N-dealkylation sites (tertiary alicyclic amines) is 1. The van der Waals surface area contributed by atoms with Crippen LogP contribution in [0.4, 0.5) is 5.69 Å². The maximum atomic E-state index is 5.97. The number of nitrogens with one attached hydrogen (secondary N) is 1. The molecule has 1 unspecified atom stereocenters. The predicted octanol–water partition coefficient (Wildman–Crippen LogP) is 3.55. The van der Waals surface area contributed by atoms with Crippen LogP contribution in [0.25, 0.3) is 0 Å². The zero-order valence-corrected chi connectivity index (χ0v) is 17.3. The first kappa shape index (κ1) is 21.0. The Morgan fingerprint density at radius 3 is 2.42 bits per heavy atom. The van der Waals surface area contributed by atoms with Crippen LogP contribution in [0, 0.1) is 5.92 Å². The van der Waals surface area contributed by atoms with E-state index in [1.807, 2.05) is 38.1 Å².